The standard InChI is InChI=1S/C23H31N5O6S/c1-6-7-8-9-12-34-23(31)28(35(5,32)33)27-21(29)18-13-17(20-10-11-24-26(20)4)16(15(2)3)14-19(18)25-22(27)30/h10-11,13-15H,6-9,12H2,1-5H3,(H,25,30). The first-order valence-electron chi connectivity index (χ1n) is 11.5. The van der Waals surface area contributed by atoms with Crippen LogP contribution >= 0.6 is 0 Å². The number of amides is 1. The monoisotopic (exact) mass is 505 g/mol. The van der Waals surface area contributed by atoms with Crippen molar-refractivity contribution in [1.82, 2.24) is 19.4 Å². The van der Waals surface area contributed by atoms with Crippen LogP contribution in [0, 0.1) is 0 Å². The van der Waals surface area contributed by atoms with Crippen molar-refractivity contribution in [3.63, 3.8) is 0 Å². The van der Waals surface area contributed by atoms with E-state index in [-0.39, 0.29) is 32.5 Å². The lowest BCUT2D eigenvalue weighted by Crippen LogP contribution is -2.56. The minimum atomic E-state index is -4.37. The summed E-state index contributed by atoms with van der Waals surface area (Å²) in [7, 11) is -2.61. The molecule has 1 amide bonds. The molecule has 0 spiro atoms. The molecule has 0 saturated carbocycles. The quantitative estimate of drug-likeness (QED) is 0.442. The first kappa shape index (κ1) is 26.2. The zero-order valence-corrected chi connectivity index (χ0v) is 21.4. The molecule has 1 aromatic carbocycles. The van der Waals surface area contributed by atoms with Crippen LogP contribution in [-0.2, 0) is 21.8 Å². The lowest BCUT2D eigenvalue weighted by molar-refractivity contribution is 0.150. The highest BCUT2D eigenvalue weighted by Gasteiger charge is 2.31. The Balaban J connectivity index is 2.18. The van der Waals surface area contributed by atoms with Gasteiger partial charge >= 0.3 is 11.8 Å². The molecular weight excluding hydrogens is 474 g/mol. The lowest BCUT2D eigenvalue weighted by Gasteiger charge is -2.21. The predicted molar refractivity (Wildman–Crippen MR) is 134 cm³/mol. The van der Waals surface area contributed by atoms with Crippen LogP contribution in [0.4, 0.5) is 4.79 Å². The zero-order valence-electron chi connectivity index (χ0n) is 20.6. The number of benzene rings is 1. The Morgan fingerprint density at radius 1 is 1.20 bits per heavy atom. The molecule has 0 aliphatic heterocycles. The number of hydrogen-bond donors (Lipinski definition) is 1. The second-order valence-corrected chi connectivity index (χ2v) is 10.5. The Morgan fingerprint density at radius 2 is 1.91 bits per heavy atom. The van der Waals surface area contributed by atoms with Crippen molar-refractivity contribution in [3.05, 3.63) is 50.8 Å². The summed E-state index contributed by atoms with van der Waals surface area (Å²) < 4.78 is 32.1. The van der Waals surface area contributed by atoms with Gasteiger partial charge in [-0.3, -0.25) is 9.48 Å². The van der Waals surface area contributed by atoms with Crippen molar-refractivity contribution >= 4 is 27.0 Å². The summed E-state index contributed by atoms with van der Waals surface area (Å²) in [5, 5.41) is 4.22. The Hall–Kier alpha value is -3.41. The Morgan fingerprint density at radius 3 is 2.49 bits per heavy atom. The number of carbonyl (C=O) groups is 1. The molecule has 0 bridgehead atoms. The number of rotatable bonds is 9. The number of hydrogen-bond acceptors (Lipinski definition) is 7. The Kier molecular flexibility index (Phi) is 7.83. The van der Waals surface area contributed by atoms with Crippen molar-refractivity contribution in [1.29, 1.82) is 0 Å². The van der Waals surface area contributed by atoms with Gasteiger partial charge in [0.1, 0.15) is 0 Å². The topological polar surface area (TPSA) is 136 Å². The first-order valence-corrected chi connectivity index (χ1v) is 13.3. The van der Waals surface area contributed by atoms with Crippen LogP contribution in [0.1, 0.15) is 57.9 Å². The van der Waals surface area contributed by atoms with Gasteiger partial charge in [-0.25, -0.2) is 18.0 Å². The number of H-pyrrole nitrogens is 1. The van der Waals surface area contributed by atoms with E-state index in [9.17, 15) is 22.8 Å². The minimum absolute atomic E-state index is 0.0343. The Bertz CT molecular complexity index is 1450. The van der Waals surface area contributed by atoms with E-state index in [1.54, 1.807) is 36.1 Å². The molecular formula is C23H31N5O6S. The number of nitrogens with zero attached hydrogens (tertiary/aromatic N) is 4. The summed E-state index contributed by atoms with van der Waals surface area (Å²) in [6, 6.07) is 5.05. The van der Waals surface area contributed by atoms with Crippen molar-refractivity contribution in [2.45, 2.75) is 52.4 Å². The molecule has 3 rings (SSSR count). The number of carbonyl (C=O) groups excluding carboxylic acids is 1. The van der Waals surface area contributed by atoms with Crippen molar-refractivity contribution < 1.29 is 17.9 Å². The van der Waals surface area contributed by atoms with Gasteiger partial charge in [-0.1, -0.05) is 44.4 Å². The summed E-state index contributed by atoms with van der Waals surface area (Å²) >= 11 is 0. The van der Waals surface area contributed by atoms with Crippen LogP contribution in [0.5, 0.6) is 0 Å². The predicted octanol–water partition coefficient (Wildman–Crippen LogP) is 2.83. The number of ether oxygens (including phenoxy) is 1. The smallest absolute Gasteiger partial charge is 0.444 e. The van der Waals surface area contributed by atoms with Gasteiger partial charge in [0.05, 0.1) is 29.5 Å². The zero-order chi connectivity index (χ0) is 25.9. The van der Waals surface area contributed by atoms with E-state index in [0.717, 1.165) is 36.8 Å². The fraction of sp³-hybridized carbons (Fsp3) is 0.478. The van der Waals surface area contributed by atoms with Gasteiger partial charge in [0, 0.05) is 18.8 Å². The molecule has 35 heavy (non-hydrogen) atoms. The van der Waals surface area contributed by atoms with Crippen molar-refractivity contribution in [2.75, 3.05) is 17.3 Å². The van der Waals surface area contributed by atoms with Crippen molar-refractivity contribution in [2.24, 2.45) is 7.05 Å². The first-order chi connectivity index (χ1) is 16.5. The highest BCUT2D eigenvalue weighted by molar-refractivity contribution is 7.92. The molecule has 2 aromatic heterocycles. The molecule has 0 atom stereocenters. The van der Waals surface area contributed by atoms with Gasteiger partial charge in [-0.15, -0.1) is 4.68 Å². The van der Waals surface area contributed by atoms with E-state index in [1.807, 2.05) is 20.8 Å². The van der Waals surface area contributed by atoms with Crippen LogP contribution in [0.3, 0.4) is 0 Å². The number of fused-ring (bicyclic) bond motifs is 1. The summed E-state index contributed by atoms with van der Waals surface area (Å²) in [6.07, 6.45) is 4.28. The van der Waals surface area contributed by atoms with Crippen LogP contribution in [0.15, 0.2) is 34.0 Å². The third-order valence-electron chi connectivity index (χ3n) is 5.64. The SMILES string of the molecule is CCCCCCOC(=O)N(n1c(=O)[nH]c2cc(C(C)C)c(-c3ccnn3C)cc2c1=O)S(C)(=O)=O. The maximum absolute atomic E-state index is 13.5. The van der Waals surface area contributed by atoms with Crippen LogP contribution < -0.4 is 15.7 Å². The average molecular weight is 506 g/mol. The highest BCUT2D eigenvalue weighted by Crippen LogP contribution is 2.31. The third kappa shape index (κ3) is 5.47. The maximum atomic E-state index is 13.5. The number of unbranched alkanes of at least 4 members (excludes halogenated alkanes) is 3. The molecule has 3 aromatic rings. The summed E-state index contributed by atoms with van der Waals surface area (Å²) in [6.45, 7) is 5.94. The minimum Gasteiger partial charge on any atom is -0.447 e. The lowest BCUT2D eigenvalue weighted by atomic mass is 9.93. The van der Waals surface area contributed by atoms with E-state index in [0.29, 0.717) is 12.0 Å². The molecule has 190 valence electrons. The van der Waals surface area contributed by atoms with Crippen LogP contribution in [0.2, 0.25) is 0 Å². The van der Waals surface area contributed by atoms with Gasteiger partial charge in [0.2, 0.25) is 0 Å². The normalized spacial score (nSPS) is 11.8. The molecule has 12 heteroatoms. The second kappa shape index (κ2) is 10.5. The van der Waals surface area contributed by atoms with E-state index in [4.69, 9.17) is 4.74 Å². The van der Waals surface area contributed by atoms with E-state index < -0.39 is 27.4 Å². The summed E-state index contributed by atoms with van der Waals surface area (Å²) in [5.74, 6) is 0.0467. The van der Waals surface area contributed by atoms with Gasteiger partial charge in [-0.2, -0.15) is 5.10 Å². The van der Waals surface area contributed by atoms with Gasteiger partial charge in [0.15, 0.2) is 0 Å². The Labute approximate surface area is 203 Å². The van der Waals surface area contributed by atoms with Crippen LogP contribution in [-0.4, -0.2) is 46.8 Å². The molecule has 0 saturated heterocycles. The van der Waals surface area contributed by atoms with Gasteiger partial charge in [-0.05, 0) is 36.1 Å². The molecule has 2 heterocycles. The largest absolute Gasteiger partial charge is 0.447 e. The number of sulfonamides is 1. The average Bonchev–Trinajstić information content (AvgIpc) is 3.20. The van der Waals surface area contributed by atoms with Crippen LogP contribution in [0.25, 0.3) is 22.2 Å². The van der Waals surface area contributed by atoms with Crippen molar-refractivity contribution in [3.8, 4) is 11.3 Å². The number of aryl methyl sites for hydroxylation is 1. The fourth-order valence-electron chi connectivity index (χ4n) is 3.88. The molecule has 1 N–H and O–H groups in total. The summed E-state index contributed by atoms with van der Waals surface area (Å²) in [5.41, 5.74) is 0.495. The molecule has 11 nitrogen and oxygen atoms in total. The van der Waals surface area contributed by atoms with Gasteiger partial charge < -0.3 is 9.72 Å². The molecule has 0 aliphatic carbocycles. The second-order valence-electron chi connectivity index (χ2n) is 8.71. The molecule has 0 unspecified atom stereocenters. The number of nitrogens with one attached hydrogen (secondary N) is 1. The van der Waals surface area contributed by atoms with E-state index >= 15 is 0 Å². The number of aromatic amines is 1. The molecule has 0 aliphatic rings. The molecule has 0 fully saturated rings. The maximum Gasteiger partial charge on any atom is 0.444 e. The highest BCUT2D eigenvalue weighted by atomic mass is 32.2. The summed E-state index contributed by atoms with van der Waals surface area (Å²) in [4.78, 5) is 41.6. The van der Waals surface area contributed by atoms with E-state index in [2.05, 4.69) is 10.1 Å². The fourth-order valence-corrected chi connectivity index (χ4v) is 4.65. The third-order valence-corrected chi connectivity index (χ3v) is 6.58. The number of aromatic nitrogens is 4. The van der Waals surface area contributed by atoms with Gasteiger partial charge in [0.25, 0.3) is 15.6 Å². The molecule has 0 radical (unpaired) electrons. The van der Waals surface area contributed by atoms with E-state index in [1.165, 1.54) is 0 Å².